The van der Waals surface area contributed by atoms with Crippen molar-refractivity contribution >= 4 is 0 Å². The van der Waals surface area contributed by atoms with E-state index in [-0.39, 0.29) is 6.04 Å². The van der Waals surface area contributed by atoms with Crippen molar-refractivity contribution in [3.05, 3.63) is 23.8 Å². The lowest BCUT2D eigenvalue weighted by Gasteiger charge is -2.45. The highest BCUT2D eigenvalue weighted by molar-refractivity contribution is 5.44. The van der Waals surface area contributed by atoms with E-state index in [1.54, 1.807) is 7.11 Å². The Kier molecular flexibility index (Phi) is 7.34. The van der Waals surface area contributed by atoms with Crippen molar-refractivity contribution in [2.24, 2.45) is 5.73 Å². The van der Waals surface area contributed by atoms with Crippen molar-refractivity contribution in [1.29, 1.82) is 0 Å². The molecular formula is C19H33N3O2. The fourth-order valence-electron chi connectivity index (χ4n) is 3.62. The third-order valence-electron chi connectivity index (χ3n) is 5.03. The Morgan fingerprint density at radius 3 is 2.58 bits per heavy atom. The first-order valence-corrected chi connectivity index (χ1v) is 9.17. The quantitative estimate of drug-likeness (QED) is 0.791. The second-order valence-electron chi connectivity index (χ2n) is 6.29. The molecule has 0 spiro atoms. The summed E-state index contributed by atoms with van der Waals surface area (Å²) >= 11 is 0. The molecule has 0 aliphatic carbocycles. The second kappa shape index (κ2) is 9.25. The first-order chi connectivity index (χ1) is 11.7. The van der Waals surface area contributed by atoms with Gasteiger partial charge in [0.15, 0.2) is 11.5 Å². The van der Waals surface area contributed by atoms with Crippen LogP contribution in [0, 0.1) is 0 Å². The van der Waals surface area contributed by atoms with E-state index >= 15 is 0 Å². The number of nitrogens with two attached hydrogens (primary N) is 1. The van der Waals surface area contributed by atoms with Gasteiger partial charge in [-0.15, -0.1) is 0 Å². The van der Waals surface area contributed by atoms with E-state index < -0.39 is 0 Å². The third kappa shape index (κ3) is 4.21. The minimum Gasteiger partial charge on any atom is -0.493 e. The molecular weight excluding hydrogens is 302 g/mol. The van der Waals surface area contributed by atoms with Crippen LogP contribution in [-0.4, -0.2) is 62.3 Å². The number of likely N-dealkylation sites (N-methyl/N-ethyl adjacent to an activating group) is 1. The topological polar surface area (TPSA) is 51.0 Å². The van der Waals surface area contributed by atoms with Gasteiger partial charge < -0.3 is 20.1 Å². The molecule has 0 amide bonds. The van der Waals surface area contributed by atoms with Crippen LogP contribution in [0.1, 0.15) is 38.8 Å². The van der Waals surface area contributed by atoms with Gasteiger partial charge in [-0.2, -0.15) is 0 Å². The molecule has 0 aromatic heterocycles. The molecule has 136 valence electrons. The molecule has 1 aliphatic heterocycles. The Labute approximate surface area is 146 Å². The summed E-state index contributed by atoms with van der Waals surface area (Å²) in [4.78, 5) is 5.10. The maximum absolute atomic E-state index is 6.18. The Balaban J connectivity index is 2.24. The van der Waals surface area contributed by atoms with Gasteiger partial charge in [-0.05, 0) is 37.6 Å². The zero-order chi connectivity index (χ0) is 17.5. The van der Waals surface area contributed by atoms with Gasteiger partial charge >= 0.3 is 0 Å². The van der Waals surface area contributed by atoms with Crippen LogP contribution in [-0.2, 0) is 0 Å². The summed E-state index contributed by atoms with van der Waals surface area (Å²) in [6, 6.07) is 6.98. The first kappa shape index (κ1) is 19.0. The number of piperazine rings is 1. The molecule has 1 heterocycles. The molecule has 0 saturated carbocycles. The van der Waals surface area contributed by atoms with Crippen LogP contribution in [0.3, 0.4) is 0 Å². The van der Waals surface area contributed by atoms with Crippen LogP contribution in [0.2, 0.25) is 0 Å². The van der Waals surface area contributed by atoms with E-state index in [4.69, 9.17) is 15.2 Å². The molecule has 0 bridgehead atoms. The summed E-state index contributed by atoms with van der Waals surface area (Å²) in [7, 11) is 1.69. The number of hydrogen-bond acceptors (Lipinski definition) is 5. The Hall–Kier alpha value is -1.30. The van der Waals surface area contributed by atoms with E-state index in [0.29, 0.717) is 19.2 Å². The number of methoxy groups -OCH3 is 1. The third-order valence-corrected chi connectivity index (χ3v) is 5.03. The van der Waals surface area contributed by atoms with Crippen molar-refractivity contribution in [3.8, 4) is 11.5 Å². The molecule has 1 saturated heterocycles. The second-order valence-corrected chi connectivity index (χ2v) is 6.29. The molecule has 2 unspecified atom stereocenters. The SMILES string of the molecule is CCOc1ccc(C(CN)N2CCN(CC)CC2CC)cc1OC. The number of hydrogen-bond donors (Lipinski definition) is 1. The largest absolute Gasteiger partial charge is 0.493 e. The summed E-state index contributed by atoms with van der Waals surface area (Å²) in [6.07, 6.45) is 1.14. The van der Waals surface area contributed by atoms with Crippen LogP contribution < -0.4 is 15.2 Å². The highest BCUT2D eigenvalue weighted by Gasteiger charge is 2.31. The normalized spacial score (nSPS) is 20.8. The number of nitrogens with zero attached hydrogens (tertiary/aromatic N) is 2. The lowest BCUT2D eigenvalue weighted by Crippen LogP contribution is -2.54. The highest BCUT2D eigenvalue weighted by atomic mass is 16.5. The van der Waals surface area contributed by atoms with Crippen LogP contribution in [0.25, 0.3) is 0 Å². The van der Waals surface area contributed by atoms with Gasteiger partial charge in [0.05, 0.1) is 13.7 Å². The summed E-state index contributed by atoms with van der Waals surface area (Å²) in [5, 5.41) is 0. The minimum absolute atomic E-state index is 0.221. The molecule has 5 nitrogen and oxygen atoms in total. The molecule has 2 N–H and O–H groups in total. The van der Waals surface area contributed by atoms with Crippen molar-refractivity contribution in [1.82, 2.24) is 9.80 Å². The average Bonchev–Trinajstić information content (AvgIpc) is 2.63. The van der Waals surface area contributed by atoms with Gasteiger partial charge in [0, 0.05) is 38.3 Å². The zero-order valence-corrected chi connectivity index (χ0v) is 15.6. The van der Waals surface area contributed by atoms with Gasteiger partial charge in [0.25, 0.3) is 0 Å². The van der Waals surface area contributed by atoms with Crippen molar-refractivity contribution in [3.63, 3.8) is 0 Å². The maximum atomic E-state index is 6.18. The van der Waals surface area contributed by atoms with Crippen LogP contribution >= 0.6 is 0 Å². The van der Waals surface area contributed by atoms with E-state index in [1.807, 2.05) is 13.0 Å². The summed E-state index contributed by atoms with van der Waals surface area (Å²) in [5.74, 6) is 1.58. The van der Waals surface area contributed by atoms with Gasteiger partial charge in [-0.25, -0.2) is 0 Å². The smallest absolute Gasteiger partial charge is 0.161 e. The Morgan fingerprint density at radius 2 is 2.00 bits per heavy atom. The lowest BCUT2D eigenvalue weighted by atomic mass is 9.99. The number of benzene rings is 1. The standard InChI is InChI=1S/C19H33N3O2/c1-5-16-14-21(6-2)10-11-22(16)17(13-20)15-8-9-18(24-7-3)19(12-15)23-4/h8-9,12,16-17H,5-7,10-11,13-14,20H2,1-4H3. The Morgan fingerprint density at radius 1 is 1.21 bits per heavy atom. The van der Waals surface area contributed by atoms with Crippen molar-refractivity contribution in [2.75, 3.05) is 46.4 Å². The lowest BCUT2D eigenvalue weighted by molar-refractivity contribution is 0.0427. The summed E-state index contributed by atoms with van der Waals surface area (Å²) in [6.45, 7) is 12.1. The summed E-state index contributed by atoms with van der Waals surface area (Å²) < 4.78 is 11.2. The number of ether oxygens (including phenoxy) is 2. The molecule has 5 heteroatoms. The van der Waals surface area contributed by atoms with Crippen LogP contribution in [0.5, 0.6) is 11.5 Å². The molecule has 2 atom stereocenters. The molecule has 1 aliphatic rings. The van der Waals surface area contributed by atoms with Crippen LogP contribution in [0.15, 0.2) is 18.2 Å². The maximum Gasteiger partial charge on any atom is 0.161 e. The number of rotatable bonds is 8. The first-order valence-electron chi connectivity index (χ1n) is 9.17. The monoisotopic (exact) mass is 335 g/mol. The minimum atomic E-state index is 0.221. The molecule has 2 rings (SSSR count). The Bertz CT molecular complexity index is 509. The van der Waals surface area contributed by atoms with Crippen LogP contribution in [0.4, 0.5) is 0 Å². The van der Waals surface area contributed by atoms with E-state index in [0.717, 1.165) is 44.1 Å². The molecule has 1 aromatic carbocycles. The molecule has 1 fully saturated rings. The molecule has 0 radical (unpaired) electrons. The predicted octanol–water partition coefficient (Wildman–Crippen LogP) is 2.51. The van der Waals surface area contributed by atoms with E-state index in [9.17, 15) is 0 Å². The van der Waals surface area contributed by atoms with Gasteiger partial charge in [-0.1, -0.05) is 19.9 Å². The highest BCUT2D eigenvalue weighted by Crippen LogP contribution is 2.33. The molecule has 24 heavy (non-hydrogen) atoms. The fraction of sp³-hybridized carbons (Fsp3) is 0.684. The predicted molar refractivity (Wildman–Crippen MR) is 98.9 cm³/mol. The zero-order valence-electron chi connectivity index (χ0n) is 15.6. The van der Waals surface area contributed by atoms with Gasteiger partial charge in [0.2, 0.25) is 0 Å². The molecule has 1 aromatic rings. The van der Waals surface area contributed by atoms with Crippen molar-refractivity contribution in [2.45, 2.75) is 39.3 Å². The van der Waals surface area contributed by atoms with Gasteiger partial charge in [0.1, 0.15) is 0 Å². The van der Waals surface area contributed by atoms with Crippen molar-refractivity contribution < 1.29 is 9.47 Å². The van der Waals surface area contributed by atoms with Gasteiger partial charge in [-0.3, -0.25) is 4.90 Å². The fourth-order valence-corrected chi connectivity index (χ4v) is 3.62. The average molecular weight is 335 g/mol. The van der Waals surface area contributed by atoms with E-state index in [1.165, 1.54) is 5.56 Å². The summed E-state index contributed by atoms with van der Waals surface area (Å²) in [5.41, 5.74) is 7.39. The van der Waals surface area contributed by atoms with E-state index in [2.05, 4.69) is 35.8 Å².